The molecule has 0 amide bonds. The molecule has 0 spiro atoms. The minimum absolute atomic E-state index is 0.00697. The van der Waals surface area contributed by atoms with E-state index in [0.717, 1.165) is 45.0 Å². The lowest BCUT2D eigenvalue weighted by molar-refractivity contribution is 0.447. The highest BCUT2D eigenvalue weighted by molar-refractivity contribution is 6.30. The molecule has 0 saturated heterocycles. The summed E-state index contributed by atoms with van der Waals surface area (Å²) in [6.07, 6.45) is 1.43. The molecule has 3 aromatic carbocycles. The summed E-state index contributed by atoms with van der Waals surface area (Å²) in [4.78, 5) is 0. The van der Waals surface area contributed by atoms with E-state index in [1.807, 2.05) is 44.2 Å². The van der Waals surface area contributed by atoms with E-state index in [9.17, 15) is 10.2 Å². The van der Waals surface area contributed by atoms with Gasteiger partial charge in [-0.15, -0.1) is 0 Å². The predicted molar refractivity (Wildman–Crippen MR) is 121 cm³/mol. The van der Waals surface area contributed by atoms with Crippen LogP contribution in [0.15, 0.2) is 60.7 Å². The molecule has 1 aromatic heterocycles. The van der Waals surface area contributed by atoms with Gasteiger partial charge in [-0.05, 0) is 60.2 Å². The van der Waals surface area contributed by atoms with E-state index >= 15 is 0 Å². The molecule has 0 fully saturated rings. The van der Waals surface area contributed by atoms with Gasteiger partial charge < -0.3 is 10.2 Å². The first kappa shape index (κ1) is 20.0. The number of halogens is 1. The molecular weight excluding hydrogens is 396 g/mol. The number of phenols is 2. The van der Waals surface area contributed by atoms with Crippen LogP contribution in [0.2, 0.25) is 5.02 Å². The second-order valence-corrected chi connectivity index (χ2v) is 7.87. The summed E-state index contributed by atoms with van der Waals surface area (Å²) in [5, 5.41) is 28.8. The number of benzene rings is 3. The number of aromatic amines is 1. The van der Waals surface area contributed by atoms with Crippen LogP contribution in [0.5, 0.6) is 11.5 Å². The standard InChI is InChI=1S/C25H23ClN2O2/c1-3-18-13-21(23(30)14-22(18)29)25-24(15(2)27-28-25)19-8-4-6-16(11-19)10-17-7-5-9-20(26)12-17/h4-9,11-14,29-30H,3,10H2,1-2H3,(H,27,28). The quantitative estimate of drug-likeness (QED) is 0.357. The van der Waals surface area contributed by atoms with Crippen molar-refractivity contribution in [3.8, 4) is 33.9 Å². The average Bonchev–Trinajstić information content (AvgIpc) is 3.09. The Kier molecular flexibility index (Phi) is 5.51. The predicted octanol–water partition coefficient (Wildman–Crippen LogP) is 6.27. The molecular formula is C25H23ClN2O2. The van der Waals surface area contributed by atoms with E-state index in [1.165, 1.54) is 6.07 Å². The molecule has 0 aliphatic rings. The monoisotopic (exact) mass is 418 g/mol. The second kappa shape index (κ2) is 8.25. The normalized spacial score (nSPS) is 11.0. The molecule has 0 saturated carbocycles. The Morgan fingerprint density at radius 2 is 1.67 bits per heavy atom. The fourth-order valence-electron chi connectivity index (χ4n) is 3.79. The number of phenolic OH excluding ortho intramolecular Hbond substituents is 2. The van der Waals surface area contributed by atoms with Gasteiger partial charge in [-0.1, -0.05) is 54.9 Å². The maximum absolute atomic E-state index is 10.5. The number of aromatic hydroxyl groups is 2. The number of rotatable bonds is 5. The molecule has 0 unspecified atom stereocenters. The SMILES string of the molecule is CCc1cc(-c2n[nH]c(C)c2-c2cccc(Cc3cccc(Cl)c3)c2)c(O)cc1O. The number of nitrogens with one attached hydrogen (secondary N) is 1. The van der Waals surface area contributed by atoms with E-state index in [1.54, 1.807) is 6.07 Å². The summed E-state index contributed by atoms with van der Waals surface area (Å²) < 4.78 is 0. The first-order valence-electron chi connectivity index (χ1n) is 9.90. The summed E-state index contributed by atoms with van der Waals surface area (Å²) in [6.45, 7) is 3.93. The van der Waals surface area contributed by atoms with Crippen molar-refractivity contribution >= 4 is 11.6 Å². The summed E-state index contributed by atoms with van der Waals surface area (Å²) in [6, 6.07) is 19.4. The Morgan fingerprint density at radius 1 is 0.933 bits per heavy atom. The van der Waals surface area contributed by atoms with Gasteiger partial charge in [0.15, 0.2) is 0 Å². The lowest BCUT2D eigenvalue weighted by Crippen LogP contribution is -1.91. The van der Waals surface area contributed by atoms with Gasteiger partial charge in [-0.2, -0.15) is 5.10 Å². The van der Waals surface area contributed by atoms with Crippen LogP contribution in [0.25, 0.3) is 22.4 Å². The van der Waals surface area contributed by atoms with Crippen LogP contribution in [-0.4, -0.2) is 20.4 Å². The number of aromatic nitrogens is 2. The van der Waals surface area contributed by atoms with Crippen LogP contribution < -0.4 is 0 Å². The van der Waals surface area contributed by atoms with E-state index in [2.05, 4.69) is 28.4 Å². The zero-order chi connectivity index (χ0) is 21.3. The van der Waals surface area contributed by atoms with Crippen molar-refractivity contribution in [3.63, 3.8) is 0 Å². The average molecular weight is 419 g/mol. The molecule has 4 aromatic rings. The zero-order valence-corrected chi connectivity index (χ0v) is 17.7. The number of aryl methyl sites for hydroxylation is 2. The highest BCUT2D eigenvalue weighted by Crippen LogP contribution is 2.40. The van der Waals surface area contributed by atoms with Crippen LogP contribution in [0, 0.1) is 6.92 Å². The zero-order valence-electron chi connectivity index (χ0n) is 16.9. The lowest BCUT2D eigenvalue weighted by atomic mass is 9.94. The molecule has 1 heterocycles. The first-order chi connectivity index (χ1) is 14.5. The second-order valence-electron chi connectivity index (χ2n) is 7.43. The molecule has 0 aliphatic carbocycles. The fraction of sp³-hybridized carbons (Fsp3) is 0.160. The number of hydrogen-bond acceptors (Lipinski definition) is 3. The molecule has 3 N–H and O–H groups in total. The highest BCUT2D eigenvalue weighted by atomic mass is 35.5. The number of nitrogens with zero attached hydrogens (tertiary/aromatic N) is 1. The molecule has 0 aliphatic heterocycles. The minimum Gasteiger partial charge on any atom is -0.508 e. The molecule has 0 bridgehead atoms. The molecule has 5 heteroatoms. The van der Waals surface area contributed by atoms with E-state index in [0.29, 0.717) is 17.7 Å². The summed E-state index contributed by atoms with van der Waals surface area (Å²) in [7, 11) is 0. The van der Waals surface area contributed by atoms with E-state index in [4.69, 9.17) is 11.6 Å². The van der Waals surface area contributed by atoms with Crippen LogP contribution in [0.4, 0.5) is 0 Å². The van der Waals surface area contributed by atoms with Crippen LogP contribution in [-0.2, 0) is 12.8 Å². The maximum atomic E-state index is 10.5. The summed E-state index contributed by atoms with van der Waals surface area (Å²) in [5.74, 6) is 0.101. The number of H-pyrrole nitrogens is 1. The van der Waals surface area contributed by atoms with Gasteiger partial charge >= 0.3 is 0 Å². The Labute approximate surface area is 180 Å². The third-order valence-electron chi connectivity index (χ3n) is 5.29. The largest absolute Gasteiger partial charge is 0.508 e. The molecule has 152 valence electrons. The highest BCUT2D eigenvalue weighted by Gasteiger charge is 2.19. The van der Waals surface area contributed by atoms with Crippen molar-refractivity contribution < 1.29 is 10.2 Å². The van der Waals surface area contributed by atoms with Crippen LogP contribution >= 0.6 is 11.6 Å². The van der Waals surface area contributed by atoms with Gasteiger partial charge in [0, 0.05) is 27.9 Å². The first-order valence-corrected chi connectivity index (χ1v) is 10.3. The van der Waals surface area contributed by atoms with Crippen LogP contribution in [0.1, 0.15) is 29.3 Å². The Balaban J connectivity index is 1.77. The van der Waals surface area contributed by atoms with Crippen molar-refractivity contribution in [2.24, 2.45) is 0 Å². The van der Waals surface area contributed by atoms with Crippen molar-refractivity contribution in [1.82, 2.24) is 10.2 Å². The van der Waals surface area contributed by atoms with Crippen molar-refractivity contribution in [3.05, 3.63) is 88.1 Å². The molecule has 30 heavy (non-hydrogen) atoms. The lowest BCUT2D eigenvalue weighted by Gasteiger charge is -2.11. The Hall–Kier alpha value is -3.24. The number of hydrogen-bond donors (Lipinski definition) is 3. The smallest absolute Gasteiger partial charge is 0.128 e. The molecule has 0 radical (unpaired) electrons. The van der Waals surface area contributed by atoms with Crippen molar-refractivity contribution in [2.45, 2.75) is 26.7 Å². The molecule has 0 atom stereocenters. The summed E-state index contributed by atoms with van der Waals surface area (Å²) >= 11 is 6.13. The fourth-order valence-corrected chi connectivity index (χ4v) is 4.00. The minimum atomic E-state index is 0.00697. The van der Waals surface area contributed by atoms with Gasteiger partial charge in [0.1, 0.15) is 17.2 Å². The Morgan fingerprint density at radius 3 is 2.40 bits per heavy atom. The van der Waals surface area contributed by atoms with Gasteiger partial charge in [0.05, 0.1) is 0 Å². The molecule has 4 nitrogen and oxygen atoms in total. The maximum Gasteiger partial charge on any atom is 0.128 e. The topological polar surface area (TPSA) is 69.1 Å². The Bertz CT molecular complexity index is 1210. The van der Waals surface area contributed by atoms with E-state index in [-0.39, 0.29) is 11.5 Å². The summed E-state index contributed by atoms with van der Waals surface area (Å²) in [5.41, 5.74) is 7.20. The van der Waals surface area contributed by atoms with Crippen molar-refractivity contribution in [2.75, 3.05) is 0 Å². The third kappa shape index (κ3) is 3.91. The van der Waals surface area contributed by atoms with Crippen molar-refractivity contribution in [1.29, 1.82) is 0 Å². The van der Waals surface area contributed by atoms with Gasteiger partial charge in [-0.25, -0.2) is 0 Å². The van der Waals surface area contributed by atoms with E-state index < -0.39 is 0 Å². The van der Waals surface area contributed by atoms with Crippen LogP contribution in [0.3, 0.4) is 0 Å². The third-order valence-corrected chi connectivity index (χ3v) is 5.53. The molecule has 4 rings (SSSR count). The van der Waals surface area contributed by atoms with Gasteiger partial charge in [-0.3, -0.25) is 5.10 Å². The van der Waals surface area contributed by atoms with Gasteiger partial charge in [0.2, 0.25) is 0 Å². The van der Waals surface area contributed by atoms with Gasteiger partial charge in [0.25, 0.3) is 0 Å².